The second kappa shape index (κ2) is 7.07. The molecule has 0 aliphatic carbocycles. The lowest BCUT2D eigenvalue weighted by atomic mass is 10.0. The highest BCUT2D eigenvalue weighted by atomic mass is 16.2. The first-order valence-electron chi connectivity index (χ1n) is 9.06. The largest absolute Gasteiger partial charge is 0.391 e. The number of fused-ring (bicyclic) bond motifs is 1. The van der Waals surface area contributed by atoms with Gasteiger partial charge in [0.15, 0.2) is 0 Å². The molecule has 0 radical (unpaired) electrons. The van der Waals surface area contributed by atoms with Gasteiger partial charge in [-0.2, -0.15) is 0 Å². The van der Waals surface area contributed by atoms with E-state index in [0.717, 1.165) is 41.7 Å². The Bertz CT molecular complexity index is 938. The summed E-state index contributed by atoms with van der Waals surface area (Å²) in [5, 5.41) is 4.26. The lowest BCUT2D eigenvalue weighted by Crippen LogP contribution is -2.36. The zero-order valence-electron chi connectivity index (χ0n) is 14.8. The highest BCUT2D eigenvalue weighted by molar-refractivity contribution is 5.97. The number of aromatic amines is 2. The summed E-state index contributed by atoms with van der Waals surface area (Å²) in [5.74, 6) is 0.458. The Kier molecular flexibility index (Phi) is 4.48. The van der Waals surface area contributed by atoms with E-state index in [-0.39, 0.29) is 5.91 Å². The van der Waals surface area contributed by atoms with Crippen LogP contribution in [0.25, 0.3) is 22.2 Å². The molecule has 0 aromatic carbocycles. The fourth-order valence-electron chi connectivity index (χ4n) is 3.50. The van der Waals surface area contributed by atoms with E-state index in [1.807, 2.05) is 48.6 Å². The zero-order valence-corrected chi connectivity index (χ0v) is 14.8. The maximum atomic E-state index is 12.9. The van der Waals surface area contributed by atoms with Crippen LogP contribution in [0.5, 0.6) is 0 Å². The number of aromatic nitrogens is 3. The molecule has 0 fully saturated rings. The van der Waals surface area contributed by atoms with E-state index in [9.17, 15) is 4.79 Å². The molecular formula is C20H23N5O. The zero-order chi connectivity index (χ0) is 17.9. The van der Waals surface area contributed by atoms with Crippen molar-refractivity contribution < 1.29 is 4.79 Å². The summed E-state index contributed by atoms with van der Waals surface area (Å²) >= 11 is 0. The predicted molar refractivity (Wildman–Crippen MR) is 103 cm³/mol. The quantitative estimate of drug-likeness (QED) is 0.662. The van der Waals surface area contributed by atoms with Crippen molar-refractivity contribution in [1.82, 2.24) is 25.2 Å². The van der Waals surface area contributed by atoms with Gasteiger partial charge in [-0.05, 0) is 49.2 Å². The summed E-state index contributed by atoms with van der Waals surface area (Å²) in [5.41, 5.74) is 3.54. The summed E-state index contributed by atoms with van der Waals surface area (Å²) < 4.78 is 0. The van der Waals surface area contributed by atoms with E-state index >= 15 is 0 Å². The number of hydrogen-bond acceptors (Lipinski definition) is 3. The van der Waals surface area contributed by atoms with Crippen LogP contribution in [0.1, 0.15) is 23.8 Å². The van der Waals surface area contributed by atoms with Gasteiger partial charge in [0.25, 0.3) is 5.91 Å². The van der Waals surface area contributed by atoms with E-state index in [1.165, 1.54) is 0 Å². The first-order chi connectivity index (χ1) is 12.8. The third-order valence-electron chi connectivity index (χ3n) is 4.95. The van der Waals surface area contributed by atoms with Crippen molar-refractivity contribution in [2.24, 2.45) is 5.92 Å². The number of nitrogens with zero attached hydrogens (tertiary/aromatic N) is 2. The Hall–Kier alpha value is -3.02. The molecule has 3 N–H and O–H groups in total. The molecule has 1 aliphatic heterocycles. The van der Waals surface area contributed by atoms with Crippen LogP contribution >= 0.6 is 0 Å². The molecule has 4 heterocycles. The molecule has 134 valence electrons. The minimum absolute atomic E-state index is 0.0463. The monoisotopic (exact) mass is 349 g/mol. The van der Waals surface area contributed by atoms with Crippen molar-refractivity contribution in [2.45, 2.75) is 13.3 Å². The van der Waals surface area contributed by atoms with E-state index in [0.29, 0.717) is 18.2 Å². The van der Waals surface area contributed by atoms with Gasteiger partial charge >= 0.3 is 0 Å². The van der Waals surface area contributed by atoms with Crippen LogP contribution in [0.3, 0.4) is 0 Å². The number of rotatable bonds is 5. The molecular weight excluding hydrogens is 326 g/mol. The minimum atomic E-state index is 0.0463. The van der Waals surface area contributed by atoms with Crippen LogP contribution in [0, 0.1) is 5.92 Å². The van der Waals surface area contributed by atoms with Crippen LogP contribution in [-0.2, 0) is 0 Å². The maximum Gasteiger partial charge on any atom is 0.270 e. The summed E-state index contributed by atoms with van der Waals surface area (Å²) in [6.45, 7) is 4.44. The highest BCUT2D eigenvalue weighted by Crippen LogP contribution is 2.27. The van der Waals surface area contributed by atoms with Crippen molar-refractivity contribution in [3.63, 3.8) is 0 Å². The third kappa shape index (κ3) is 3.10. The number of carbonyl (C=O) groups excluding carboxylic acids is 1. The summed E-state index contributed by atoms with van der Waals surface area (Å²) in [6, 6.07) is 5.92. The fraction of sp³-hybridized carbons (Fsp3) is 0.300. The molecule has 3 aromatic rings. The molecule has 0 spiro atoms. The van der Waals surface area contributed by atoms with Crippen molar-refractivity contribution in [2.75, 3.05) is 19.6 Å². The van der Waals surface area contributed by atoms with Crippen molar-refractivity contribution >= 4 is 16.9 Å². The molecule has 0 saturated heterocycles. The minimum Gasteiger partial charge on any atom is -0.391 e. The first kappa shape index (κ1) is 16.4. The third-order valence-corrected chi connectivity index (χ3v) is 4.95. The highest BCUT2D eigenvalue weighted by Gasteiger charge is 2.20. The average molecular weight is 349 g/mol. The molecule has 3 aromatic heterocycles. The van der Waals surface area contributed by atoms with Crippen molar-refractivity contribution in [1.29, 1.82) is 0 Å². The molecule has 1 amide bonds. The predicted octanol–water partition coefficient (Wildman–Crippen LogP) is 3.14. The van der Waals surface area contributed by atoms with E-state index < -0.39 is 0 Å². The van der Waals surface area contributed by atoms with Gasteiger partial charge in [0.1, 0.15) is 11.3 Å². The molecule has 6 nitrogen and oxygen atoms in total. The fourth-order valence-corrected chi connectivity index (χ4v) is 3.50. The lowest BCUT2D eigenvalue weighted by molar-refractivity contribution is 0.0740. The maximum absolute atomic E-state index is 12.9. The topological polar surface area (TPSA) is 76.8 Å². The number of amides is 1. The lowest BCUT2D eigenvalue weighted by Gasteiger charge is -2.26. The molecule has 6 heteroatoms. The second-order valence-electron chi connectivity index (χ2n) is 6.61. The summed E-state index contributed by atoms with van der Waals surface area (Å²) in [7, 11) is 0. The van der Waals surface area contributed by atoms with Gasteiger partial charge in [-0.25, -0.2) is 4.98 Å². The Morgan fingerprint density at radius 1 is 1.35 bits per heavy atom. The first-order valence-corrected chi connectivity index (χ1v) is 9.06. The van der Waals surface area contributed by atoms with Crippen LogP contribution in [0.4, 0.5) is 0 Å². The van der Waals surface area contributed by atoms with Gasteiger partial charge in [-0.1, -0.05) is 6.08 Å². The van der Waals surface area contributed by atoms with E-state index in [2.05, 4.69) is 26.3 Å². The van der Waals surface area contributed by atoms with Crippen molar-refractivity contribution in [3.8, 4) is 11.1 Å². The van der Waals surface area contributed by atoms with Gasteiger partial charge in [0, 0.05) is 49.2 Å². The van der Waals surface area contributed by atoms with Crippen LogP contribution in [0.2, 0.25) is 0 Å². The van der Waals surface area contributed by atoms with Gasteiger partial charge in [-0.3, -0.25) is 4.79 Å². The van der Waals surface area contributed by atoms with Crippen molar-refractivity contribution in [3.05, 3.63) is 54.8 Å². The Morgan fingerprint density at radius 2 is 2.27 bits per heavy atom. The molecule has 0 saturated carbocycles. The van der Waals surface area contributed by atoms with Crippen LogP contribution in [0.15, 0.2) is 49.1 Å². The Morgan fingerprint density at radius 3 is 3.08 bits per heavy atom. The number of hydrogen-bond donors (Lipinski definition) is 3. The standard InChI is InChI=1S/C20H23N5O/c1-2-25(13-14-3-7-21-8-4-14)20(26)18-11-15(12-24-18)16-5-9-22-19-17(16)6-10-23-19/h3,5-7,9-12,14,21,24H,2,4,8,13H2,1H3,(H,22,23). The van der Waals surface area contributed by atoms with Crippen LogP contribution < -0.4 is 5.32 Å². The second-order valence-corrected chi connectivity index (χ2v) is 6.61. The SMILES string of the molecule is CCN(CC1C=CNCC1)C(=O)c1cc(-c2ccnc3[nH]ccc23)c[nH]1. The van der Waals surface area contributed by atoms with Gasteiger partial charge in [0.05, 0.1) is 0 Å². The Balaban J connectivity index is 1.56. The molecule has 1 atom stereocenters. The normalized spacial score (nSPS) is 16.6. The number of H-pyrrole nitrogens is 2. The molecule has 0 bridgehead atoms. The van der Waals surface area contributed by atoms with Gasteiger partial charge in [-0.15, -0.1) is 0 Å². The van der Waals surface area contributed by atoms with Gasteiger partial charge < -0.3 is 20.2 Å². The van der Waals surface area contributed by atoms with E-state index in [1.54, 1.807) is 6.20 Å². The Labute approximate surface area is 152 Å². The smallest absolute Gasteiger partial charge is 0.270 e. The molecule has 1 unspecified atom stereocenters. The summed E-state index contributed by atoms with van der Waals surface area (Å²) in [4.78, 5) is 25.5. The number of carbonyl (C=O) groups is 1. The van der Waals surface area contributed by atoms with E-state index in [4.69, 9.17) is 0 Å². The summed E-state index contributed by atoms with van der Waals surface area (Å²) in [6.07, 6.45) is 10.8. The van der Waals surface area contributed by atoms with Crippen LogP contribution in [-0.4, -0.2) is 45.4 Å². The average Bonchev–Trinajstić information content (AvgIpc) is 3.35. The van der Waals surface area contributed by atoms with Gasteiger partial charge in [0.2, 0.25) is 0 Å². The molecule has 26 heavy (non-hydrogen) atoms. The number of pyridine rings is 1. The number of nitrogens with one attached hydrogen (secondary N) is 3. The molecule has 1 aliphatic rings. The molecule has 4 rings (SSSR count).